The van der Waals surface area contributed by atoms with Gasteiger partial charge in [-0.1, -0.05) is 6.07 Å². The number of anilines is 2. The number of hydrogen-bond donors (Lipinski definition) is 2. The molecule has 0 aliphatic carbocycles. The van der Waals surface area contributed by atoms with Crippen molar-refractivity contribution in [2.24, 2.45) is 0 Å². The second kappa shape index (κ2) is 5.32. The Morgan fingerprint density at radius 3 is 2.67 bits per heavy atom. The molecule has 0 unspecified atom stereocenters. The lowest BCUT2D eigenvalue weighted by molar-refractivity contribution is 0.507. The molecule has 4 nitrogen and oxygen atoms in total. The van der Waals surface area contributed by atoms with Crippen LogP contribution in [0, 0.1) is 11.6 Å². The molecule has 0 aliphatic rings. The predicted octanol–water partition coefficient (Wildman–Crippen LogP) is 3.10. The lowest BCUT2D eigenvalue weighted by Gasteiger charge is -2.09. The number of nitrogens with one attached hydrogen (secondary N) is 1. The van der Waals surface area contributed by atoms with Gasteiger partial charge in [0.2, 0.25) is 0 Å². The Morgan fingerprint density at radius 2 is 1.86 bits per heavy atom. The van der Waals surface area contributed by atoms with E-state index in [0.717, 1.165) is 23.0 Å². The number of fused-ring (bicyclic) bond motifs is 1. The molecule has 0 bridgehead atoms. The van der Waals surface area contributed by atoms with E-state index in [9.17, 15) is 8.78 Å². The summed E-state index contributed by atoms with van der Waals surface area (Å²) in [6.07, 6.45) is 1.43. The van der Waals surface area contributed by atoms with Gasteiger partial charge in [-0.2, -0.15) is 0 Å². The van der Waals surface area contributed by atoms with Gasteiger partial charge in [0.25, 0.3) is 0 Å². The topological polar surface area (TPSA) is 63.8 Å². The Bertz CT molecular complexity index is 805. The van der Waals surface area contributed by atoms with Crippen molar-refractivity contribution in [3.63, 3.8) is 0 Å². The number of nitrogen functional groups attached to an aromatic ring is 1. The fourth-order valence-electron chi connectivity index (χ4n) is 2.05. The van der Waals surface area contributed by atoms with Gasteiger partial charge in [0.1, 0.15) is 12.1 Å². The van der Waals surface area contributed by atoms with E-state index >= 15 is 0 Å². The zero-order valence-electron chi connectivity index (χ0n) is 11.0. The van der Waals surface area contributed by atoms with Crippen molar-refractivity contribution in [3.05, 3.63) is 59.9 Å². The molecule has 0 amide bonds. The zero-order valence-corrected chi connectivity index (χ0v) is 11.0. The molecule has 6 heteroatoms. The molecule has 0 spiro atoms. The molecule has 0 atom stereocenters. The van der Waals surface area contributed by atoms with E-state index in [-0.39, 0.29) is 0 Å². The molecule has 1 aromatic heterocycles. The van der Waals surface area contributed by atoms with Crippen molar-refractivity contribution in [1.82, 2.24) is 9.97 Å². The van der Waals surface area contributed by atoms with Gasteiger partial charge in [-0.05, 0) is 35.9 Å². The molecule has 21 heavy (non-hydrogen) atoms. The summed E-state index contributed by atoms with van der Waals surface area (Å²) < 4.78 is 26.0. The van der Waals surface area contributed by atoms with Crippen LogP contribution in [0.2, 0.25) is 0 Å². The SMILES string of the molecule is Nc1ccc2c(NCc3ccc(F)c(F)c3)ncnc2c1. The first-order valence-electron chi connectivity index (χ1n) is 6.31. The highest BCUT2D eigenvalue weighted by Crippen LogP contribution is 2.21. The number of nitrogens with two attached hydrogens (primary N) is 1. The lowest BCUT2D eigenvalue weighted by atomic mass is 10.2. The van der Waals surface area contributed by atoms with Crippen LogP contribution >= 0.6 is 0 Å². The molecule has 0 saturated carbocycles. The molecule has 0 radical (unpaired) electrons. The second-order valence-electron chi connectivity index (χ2n) is 4.60. The Labute approximate surface area is 119 Å². The van der Waals surface area contributed by atoms with Crippen LogP contribution in [0.5, 0.6) is 0 Å². The molecule has 0 saturated heterocycles. The Morgan fingerprint density at radius 1 is 1.00 bits per heavy atom. The Balaban J connectivity index is 1.86. The van der Waals surface area contributed by atoms with Crippen molar-refractivity contribution in [2.75, 3.05) is 11.1 Å². The average molecular weight is 286 g/mol. The third kappa shape index (κ3) is 2.74. The van der Waals surface area contributed by atoms with Crippen LogP contribution in [0.3, 0.4) is 0 Å². The third-order valence-electron chi connectivity index (χ3n) is 3.10. The predicted molar refractivity (Wildman–Crippen MR) is 77.6 cm³/mol. The molecule has 3 aromatic rings. The largest absolute Gasteiger partial charge is 0.399 e. The highest BCUT2D eigenvalue weighted by Gasteiger charge is 2.06. The van der Waals surface area contributed by atoms with E-state index in [1.807, 2.05) is 6.07 Å². The van der Waals surface area contributed by atoms with Crippen LogP contribution in [0.1, 0.15) is 5.56 Å². The molecule has 2 aromatic carbocycles. The monoisotopic (exact) mass is 286 g/mol. The van der Waals surface area contributed by atoms with E-state index in [1.54, 1.807) is 12.1 Å². The lowest BCUT2D eigenvalue weighted by Crippen LogP contribution is -2.03. The first-order chi connectivity index (χ1) is 10.1. The fourth-order valence-corrected chi connectivity index (χ4v) is 2.05. The van der Waals surface area contributed by atoms with Gasteiger partial charge in [-0.15, -0.1) is 0 Å². The first kappa shape index (κ1) is 13.2. The third-order valence-corrected chi connectivity index (χ3v) is 3.10. The summed E-state index contributed by atoms with van der Waals surface area (Å²) in [5, 5.41) is 3.90. The summed E-state index contributed by atoms with van der Waals surface area (Å²) >= 11 is 0. The molecule has 0 aliphatic heterocycles. The van der Waals surface area contributed by atoms with Crippen LogP contribution in [-0.4, -0.2) is 9.97 Å². The number of aromatic nitrogens is 2. The molecule has 106 valence electrons. The minimum atomic E-state index is -0.866. The molecular weight excluding hydrogens is 274 g/mol. The summed E-state index contributed by atoms with van der Waals surface area (Å²) in [7, 11) is 0. The maximum absolute atomic E-state index is 13.2. The van der Waals surface area contributed by atoms with E-state index in [0.29, 0.717) is 23.6 Å². The van der Waals surface area contributed by atoms with Gasteiger partial charge in [0, 0.05) is 17.6 Å². The normalized spacial score (nSPS) is 10.8. The van der Waals surface area contributed by atoms with Crippen molar-refractivity contribution >= 4 is 22.4 Å². The van der Waals surface area contributed by atoms with E-state index in [1.165, 1.54) is 12.4 Å². The number of rotatable bonds is 3. The maximum Gasteiger partial charge on any atom is 0.159 e. The molecule has 3 N–H and O–H groups in total. The fraction of sp³-hybridized carbons (Fsp3) is 0.0667. The molecule has 0 fully saturated rings. The van der Waals surface area contributed by atoms with Crippen LogP contribution in [0.4, 0.5) is 20.3 Å². The van der Waals surface area contributed by atoms with Crippen molar-refractivity contribution < 1.29 is 8.78 Å². The number of nitrogens with zero attached hydrogens (tertiary/aromatic N) is 2. The van der Waals surface area contributed by atoms with E-state index in [4.69, 9.17) is 5.73 Å². The smallest absolute Gasteiger partial charge is 0.159 e. The van der Waals surface area contributed by atoms with Crippen LogP contribution in [-0.2, 0) is 6.54 Å². The van der Waals surface area contributed by atoms with Gasteiger partial charge in [0.15, 0.2) is 11.6 Å². The summed E-state index contributed by atoms with van der Waals surface area (Å²) in [5.74, 6) is -1.11. The molecule has 1 heterocycles. The van der Waals surface area contributed by atoms with Crippen LogP contribution in [0.15, 0.2) is 42.7 Å². The summed E-state index contributed by atoms with van der Waals surface area (Å²) in [5.41, 5.74) is 7.67. The second-order valence-corrected chi connectivity index (χ2v) is 4.60. The van der Waals surface area contributed by atoms with E-state index in [2.05, 4.69) is 15.3 Å². The van der Waals surface area contributed by atoms with Crippen molar-refractivity contribution in [2.45, 2.75) is 6.54 Å². The Hall–Kier alpha value is -2.76. The number of halogens is 2. The van der Waals surface area contributed by atoms with Crippen molar-refractivity contribution in [1.29, 1.82) is 0 Å². The Kier molecular flexibility index (Phi) is 3.35. The highest BCUT2D eigenvalue weighted by molar-refractivity contribution is 5.90. The number of benzene rings is 2. The minimum Gasteiger partial charge on any atom is -0.399 e. The summed E-state index contributed by atoms with van der Waals surface area (Å²) in [6, 6.07) is 9.11. The van der Waals surface area contributed by atoms with Crippen molar-refractivity contribution in [3.8, 4) is 0 Å². The maximum atomic E-state index is 13.2. The van der Waals surface area contributed by atoms with Crippen LogP contribution in [0.25, 0.3) is 10.9 Å². The zero-order chi connectivity index (χ0) is 14.8. The van der Waals surface area contributed by atoms with E-state index < -0.39 is 11.6 Å². The average Bonchev–Trinajstić information content (AvgIpc) is 2.48. The van der Waals surface area contributed by atoms with Gasteiger partial charge in [-0.25, -0.2) is 18.7 Å². The first-order valence-corrected chi connectivity index (χ1v) is 6.31. The quantitative estimate of drug-likeness (QED) is 0.726. The molecule has 3 rings (SSSR count). The summed E-state index contributed by atoms with van der Waals surface area (Å²) in [6.45, 7) is 0.327. The van der Waals surface area contributed by atoms with Gasteiger partial charge in [-0.3, -0.25) is 0 Å². The van der Waals surface area contributed by atoms with Gasteiger partial charge >= 0.3 is 0 Å². The van der Waals surface area contributed by atoms with Gasteiger partial charge in [0.05, 0.1) is 5.52 Å². The van der Waals surface area contributed by atoms with Crippen LogP contribution < -0.4 is 11.1 Å². The minimum absolute atomic E-state index is 0.327. The molecular formula is C15H12F2N4. The summed E-state index contributed by atoms with van der Waals surface area (Å²) in [4.78, 5) is 8.30. The number of hydrogen-bond acceptors (Lipinski definition) is 4. The highest BCUT2D eigenvalue weighted by atomic mass is 19.2. The van der Waals surface area contributed by atoms with Gasteiger partial charge < -0.3 is 11.1 Å². The standard InChI is InChI=1S/C15H12F2N4/c16-12-4-1-9(5-13(12)17)7-19-15-11-3-2-10(18)6-14(11)20-8-21-15/h1-6,8H,7,18H2,(H,19,20,21).